The Morgan fingerprint density at radius 3 is 2.42 bits per heavy atom. The summed E-state index contributed by atoms with van der Waals surface area (Å²) in [5.74, 6) is 5.41. The number of hydrazine groups is 1. The number of halogens is 4. The molecule has 19 heavy (non-hydrogen) atoms. The van der Waals surface area contributed by atoms with E-state index in [-0.39, 0.29) is 5.56 Å². The maximum Gasteiger partial charge on any atom is 0.416 e. The van der Waals surface area contributed by atoms with Crippen LogP contribution in [0.15, 0.2) is 35.7 Å². The Labute approximate surface area is 117 Å². The van der Waals surface area contributed by atoms with Gasteiger partial charge in [-0.25, -0.2) is 5.43 Å². The zero-order valence-corrected chi connectivity index (χ0v) is 11.1. The van der Waals surface area contributed by atoms with Crippen molar-refractivity contribution in [2.75, 3.05) is 0 Å². The Morgan fingerprint density at radius 2 is 1.89 bits per heavy atom. The monoisotopic (exact) mass is 306 g/mol. The SMILES string of the molecule is NNC(c1ccccc1C(F)(F)F)c1sccc1Cl. The van der Waals surface area contributed by atoms with Gasteiger partial charge in [0, 0.05) is 4.88 Å². The van der Waals surface area contributed by atoms with Crippen molar-refractivity contribution in [3.63, 3.8) is 0 Å². The molecule has 0 amide bonds. The molecule has 1 atom stereocenters. The fourth-order valence-corrected chi connectivity index (χ4v) is 3.07. The maximum atomic E-state index is 13.0. The first-order valence-electron chi connectivity index (χ1n) is 5.30. The standard InChI is InChI=1S/C12H10ClF3N2S/c13-9-5-6-19-11(9)10(18-17)7-3-1-2-4-8(7)12(14,15)16/h1-6,10,18H,17H2. The third-order valence-electron chi connectivity index (χ3n) is 2.65. The van der Waals surface area contributed by atoms with Crippen molar-refractivity contribution in [1.82, 2.24) is 5.43 Å². The molecule has 102 valence electrons. The minimum Gasteiger partial charge on any atom is -0.271 e. The smallest absolute Gasteiger partial charge is 0.271 e. The van der Waals surface area contributed by atoms with E-state index in [9.17, 15) is 13.2 Å². The Morgan fingerprint density at radius 1 is 1.21 bits per heavy atom. The van der Waals surface area contributed by atoms with Gasteiger partial charge in [-0.15, -0.1) is 11.3 Å². The first kappa shape index (κ1) is 14.3. The lowest BCUT2D eigenvalue weighted by molar-refractivity contribution is -0.138. The van der Waals surface area contributed by atoms with E-state index >= 15 is 0 Å². The zero-order chi connectivity index (χ0) is 14.0. The van der Waals surface area contributed by atoms with Crippen molar-refractivity contribution in [3.05, 3.63) is 56.7 Å². The topological polar surface area (TPSA) is 38.0 Å². The van der Waals surface area contributed by atoms with E-state index in [1.54, 1.807) is 11.4 Å². The molecule has 0 bridgehead atoms. The van der Waals surface area contributed by atoms with Crippen LogP contribution < -0.4 is 11.3 Å². The van der Waals surface area contributed by atoms with Crippen LogP contribution in [-0.4, -0.2) is 0 Å². The van der Waals surface area contributed by atoms with E-state index in [2.05, 4.69) is 5.43 Å². The molecule has 1 aromatic carbocycles. The second-order valence-corrected chi connectivity index (χ2v) is 5.17. The van der Waals surface area contributed by atoms with Crippen molar-refractivity contribution in [1.29, 1.82) is 0 Å². The largest absolute Gasteiger partial charge is 0.416 e. The van der Waals surface area contributed by atoms with Crippen LogP contribution in [0.25, 0.3) is 0 Å². The lowest BCUT2D eigenvalue weighted by Gasteiger charge is -2.20. The number of nitrogens with two attached hydrogens (primary N) is 1. The van der Waals surface area contributed by atoms with E-state index in [1.807, 2.05) is 0 Å². The molecule has 3 N–H and O–H groups in total. The van der Waals surface area contributed by atoms with Crippen LogP contribution in [-0.2, 0) is 6.18 Å². The second kappa shape index (κ2) is 5.50. The Bertz CT molecular complexity index is 568. The van der Waals surface area contributed by atoms with E-state index in [4.69, 9.17) is 17.4 Å². The van der Waals surface area contributed by atoms with Gasteiger partial charge in [-0.3, -0.25) is 5.84 Å². The van der Waals surface area contributed by atoms with Crippen LogP contribution in [0.1, 0.15) is 22.0 Å². The average Bonchev–Trinajstić information content (AvgIpc) is 2.76. The number of nitrogens with one attached hydrogen (secondary N) is 1. The van der Waals surface area contributed by atoms with Gasteiger partial charge in [0.25, 0.3) is 0 Å². The van der Waals surface area contributed by atoms with Gasteiger partial charge in [0.2, 0.25) is 0 Å². The number of thiophene rings is 1. The van der Waals surface area contributed by atoms with Gasteiger partial charge < -0.3 is 0 Å². The third-order valence-corrected chi connectivity index (χ3v) is 4.07. The molecule has 0 saturated carbocycles. The van der Waals surface area contributed by atoms with Crippen molar-refractivity contribution in [2.45, 2.75) is 12.2 Å². The molecule has 0 saturated heterocycles. The first-order chi connectivity index (χ1) is 8.95. The Kier molecular flexibility index (Phi) is 4.15. The van der Waals surface area contributed by atoms with Crippen LogP contribution in [0.4, 0.5) is 13.2 Å². The number of alkyl halides is 3. The Hall–Kier alpha value is -1.08. The van der Waals surface area contributed by atoms with Gasteiger partial charge in [0.05, 0.1) is 16.6 Å². The summed E-state index contributed by atoms with van der Waals surface area (Å²) in [6.07, 6.45) is -4.44. The molecular weight excluding hydrogens is 297 g/mol. The summed E-state index contributed by atoms with van der Waals surface area (Å²) in [6.45, 7) is 0. The zero-order valence-electron chi connectivity index (χ0n) is 9.54. The van der Waals surface area contributed by atoms with Gasteiger partial charge >= 0.3 is 6.18 Å². The minimum absolute atomic E-state index is 0.0573. The highest BCUT2D eigenvalue weighted by molar-refractivity contribution is 7.10. The molecule has 0 spiro atoms. The lowest BCUT2D eigenvalue weighted by Crippen LogP contribution is -2.30. The van der Waals surface area contributed by atoms with Crippen LogP contribution in [0.5, 0.6) is 0 Å². The minimum atomic E-state index is -4.44. The summed E-state index contributed by atoms with van der Waals surface area (Å²) in [5.41, 5.74) is 1.74. The third kappa shape index (κ3) is 2.92. The normalized spacial score (nSPS) is 13.5. The van der Waals surface area contributed by atoms with Gasteiger partial charge in [-0.1, -0.05) is 29.8 Å². The Balaban J connectivity index is 2.54. The summed E-state index contributed by atoms with van der Waals surface area (Å²) < 4.78 is 39.0. The second-order valence-electron chi connectivity index (χ2n) is 3.82. The van der Waals surface area contributed by atoms with Crippen LogP contribution in [0.3, 0.4) is 0 Å². The highest BCUT2D eigenvalue weighted by atomic mass is 35.5. The van der Waals surface area contributed by atoms with E-state index in [1.165, 1.54) is 29.5 Å². The van der Waals surface area contributed by atoms with Crippen molar-refractivity contribution >= 4 is 22.9 Å². The van der Waals surface area contributed by atoms with Crippen LogP contribution in [0, 0.1) is 0 Å². The number of benzene rings is 1. The number of hydrogen-bond acceptors (Lipinski definition) is 3. The predicted octanol–water partition coefficient (Wildman–Crippen LogP) is 3.97. The molecule has 0 aliphatic heterocycles. The number of rotatable bonds is 3. The van der Waals surface area contributed by atoms with E-state index in [0.29, 0.717) is 9.90 Å². The summed E-state index contributed by atoms with van der Waals surface area (Å²) in [6, 6.07) is 6.14. The van der Waals surface area contributed by atoms with Crippen molar-refractivity contribution in [2.24, 2.45) is 5.84 Å². The van der Waals surface area contributed by atoms with E-state index < -0.39 is 17.8 Å². The molecule has 1 aromatic heterocycles. The van der Waals surface area contributed by atoms with Gasteiger partial charge in [0.1, 0.15) is 0 Å². The summed E-state index contributed by atoms with van der Waals surface area (Å²) in [5, 5.41) is 2.10. The van der Waals surface area contributed by atoms with Gasteiger partial charge in [-0.05, 0) is 23.1 Å². The molecule has 1 unspecified atom stereocenters. The summed E-state index contributed by atoms with van der Waals surface area (Å²) in [7, 11) is 0. The number of hydrogen-bond donors (Lipinski definition) is 2. The molecular formula is C12H10ClF3N2S. The molecule has 0 fully saturated rings. The molecule has 7 heteroatoms. The average molecular weight is 307 g/mol. The molecule has 2 aromatic rings. The van der Waals surface area contributed by atoms with Gasteiger partial charge in [0.15, 0.2) is 0 Å². The quantitative estimate of drug-likeness (QED) is 0.665. The van der Waals surface area contributed by atoms with Crippen molar-refractivity contribution in [3.8, 4) is 0 Å². The predicted molar refractivity (Wildman–Crippen MR) is 69.9 cm³/mol. The van der Waals surface area contributed by atoms with Crippen LogP contribution >= 0.6 is 22.9 Å². The summed E-state index contributed by atoms with van der Waals surface area (Å²) in [4.78, 5) is 0.556. The van der Waals surface area contributed by atoms with E-state index in [0.717, 1.165) is 6.07 Å². The highest BCUT2D eigenvalue weighted by Crippen LogP contribution is 2.39. The van der Waals surface area contributed by atoms with Crippen LogP contribution in [0.2, 0.25) is 5.02 Å². The molecule has 0 aliphatic rings. The molecule has 1 heterocycles. The molecule has 0 aliphatic carbocycles. The fraction of sp³-hybridized carbons (Fsp3) is 0.167. The fourth-order valence-electron chi connectivity index (χ4n) is 1.83. The molecule has 0 radical (unpaired) electrons. The lowest BCUT2D eigenvalue weighted by atomic mass is 9.99. The van der Waals surface area contributed by atoms with Gasteiger partial charge in [-0.2, -0.15) is 13.2 Å². The highest BCUT2D eigenvalue weighted by Gasteiger charge is 2.35. The maximum absolute atomic E-state index is 13.0. The first-order valence-corrected chi connectivity index (χ1v) is 6.56. The van der Waals surface area contributed by atoms with Crippen molar-refractivity contribution < 1.29 is 13.2 Å². The molecule has 2 rings (SSSR count). The molecule has 2 nitrogen and oxygen atoms in total. The summed E-state index contributed by atoms with van der Waals surface area (Å²) >= 11 is 7.22.